The fourth-order valence-corrected chi connectivity index (χ4v) is 3.64. The zero-order valence-electron chi connectivity index (χ0n) is 19.2. The van der Waals surface area contributed by atoms with Crippen LogP contribution >= 0.6 is 11.6 Å². The Morgan fingerprint density at radius 3 is 2.88 bits per heavy atom. The van der Waals surface area contributed by atoms with Crippen LogP contribution in [-0.4, -0.2) is 59.4 Å². The van der Waals surface area contributed by atoms with Crippen LogP contribution in [0.4, 0.5) is 10.5 Å². The number of fused-ring (bicyclic) bond motifs is 1. The molecule has 1 amide bonds. The van der Waals surface area contributed by atoms with Crippen molar-refractivity contribution in [3.63, 3.8) is 0 Å². The van der Waals surface area contributed by atoms with Crippen molar-refractivity contribution in [2.24, 2.45) is 0 Å². The highest BCUT2D eigenvalue weighted by Crippen LogP contribution is 2.30. The van der Waals surface area contributed by atoms with Crippen LogP contribution in [0.25, 0.3) is 11.0 Å². The van der Waals surface area contributed by atoms with Crippen molar-refractivity contribution in [3.05, 3.63) is 17.4 Å². The van der Waals surface area contributed by atoms with E-state index in [9.17, 15) is 4.79 Å². The Bertz CT molecular complexity index is 877. The van der Waals surface area contributed by atoms with Crippen molar-refractivity contribution in [2.75, 3.05) is 38.2 Å². The molecule has 0 spiro atoms. The summed E-state index contributed by atoms with van der Waals surface area (Å²) < 4.78 is 18.6. The Morgan fingerprint density at radius 1 is 1.28 bits per heavy atom. The fraction of sp³-hybridized carbons (Fsp3) is 0.682. The van der Waals surface area contributed by atoms with Gasteiger partial charge in [-0.1, -0.05) is 11.6 Å². The summed E-state index contributed by atoms with van der Waals surface area (Å²) in [6, 6.07) is 1.81. The lowest BCUT2D eigenvalue weighted by molar-refractivity contribution is -0.0370. The normalized spacial score (nSPS) is 16.8. The maximum atomic E-state index is 11.6. The molecule has 2 aromatic rings. The molecule has 0 saturated carbocycles. The van der Waals surface area contributed by atoms with Crippen molar-refractivity contribution in [2.45, 2.75) is 64.7 Å². The number of carbonyl (C=O) groups is 1. The van der Waals surface area contributed by atoms with Crippen molar-refractivity contribution in [1.82, 2.24) is 20.1 Å². The van der Waals surface area contributed by atoms with Crippen LogP contribution in [0, 0.1) is 0 Å². The Labute approximate surface area is 194 Å². The van der Waals surface area contributed by atoms with E-state index in [4.69, 9.17) is 25.8 Å². The minimum atomic E-state index is -0.479. The summed E-state index contributed by atoms with van der Waals surface area (Å²) in [5.74, 6) is 0. The number of anilines is 1. The summed E-state index contributed by atoms with van der Waals surface area (Å²) in [5.41, 5.74) is 1.13. The van der Waals surface area contributed by atoms with Gasteiger partial charge in [0.25, 0.3) is 0 Å². The average Bonchev–Trinajstić information content (AvgIpc) is 3.15. The number of halogens is 1. The Morgan fingerprint density at radius 2 is 2.12 bits per heavy atom. The molecule has 32 heavy (non-hydrogen) atoms. The van der Waals surface area contributed by atoms with E-state index < -0.39 is 5.60 Å². The van der Waals surface area contributed by atoms with E-state index in [1.54, 1.807) is 12.3 Å². The number of alkyl carbamates (subject to hydrolysis) is 1. The van der Waals surface area contributed by atoms with Crippen LogP contribution < -0.4 is 10.6 Å². The lowest BCUT2D eigenvalue weighted by Crippen LogP contribution is -2.33. The molecule has 178 valence electrons. The lowest BCUT2D eigenvalue weighted by Gasteiger charge is -2.23. The third-order valence-corrected chi connectivity index (χ3v) is 5.10. The van der Waals surface area contributed by atoms with Gasteiger partial charge in [0, 0.05) is 32.0 Å². The minimum Gasteiger partial charge on any atom is -0.444 e. The molecule has 1 aliphatic heterocycles. The largest absolute Gasteiger partial charge is 0.444 e. The van der Waals surface area contributed by atoms with Gasteiger partial charge in [0.1, 0.15) is 10.8 Å². The highest BCUT2D eigenvalue weighted by atomic mass is 35.5. The van der Waals surface area contributed by atoms with Gasteiger partial charge in [-0.3, -0.25) is 0 Å². The van der Waals surface area contributed by atoms with E-state index in [0.29, 0.717) is 31.5 Å². The first kappa shape index (κ1) is 24.5. The number of hydrogen-bond acceptors (Lipinski definition) is 7. The number of nitrogens with one attached hydrogen (secondary N) is 2. The summed E-state index contributed by atoms with van der Waals surface area (Å²) in [5, 5.41) is 11.9. The minimum absolute atomic E-state index is 0.0896. The first-order valence-electron chi connectivity index (χ1n) is 11.3. The van der Waals surface area contributed by atoms with Gasteiger partial charge < -0.3 is 24.8 Å². The van der Waals surface area contributed by atoms with Gasteiger partial charge >= 0.3 is 6.09 Å². The SMILES string of the molecule is CC(C)(C)OC(=O)NCCCCOCCNc1cc(Cl)nc2c1cnn2C1CCCCO1. The van der Waals surface area contributed by atoms with Crippen molar-refractivity contribution in [1.29, 1.82) is 0 Å². The zero-order chi connectivity index (χ0) is 23.0. The van der Waals surface area contributed by atoms with Gasteiger partial charge in [0.15, 0.2) is 11.9 Å². The van der Waals surface area contributed by atoms with Crippen molar-refractivity contribution < 1.29 is 19.0 Å². The summed E-state index contributed by atoms with van der Waals surface area (Å²) in [6.07, 6.45) is 6.14. The molecule has 0 aliphatic carbocycles. The van der Waals surface area contributed by atoms with Crippen LogP contribution in [0.5, 0.6) is 0 Å². The number of hydrogen-bond donors (Lipinski definition) is 2. The molecule has 3 rings (SSSR count). The molecule has 3 heterocycles. The molecule has 1 unspecified atom stereocenters. The Hall–Kier alpha value is -2.10. The van der Waals surface area contributed by atoms with Crippen LogP contribution in [0.3, 0.4) is 0 Å². The van der Waals surface area contributed by atoms with Crippen LogP contribution in [0.1, 0.15) is 59.1 Å². The molecule has 0 aromatic carbocycles. The number of nitrogens with zero attached hydrogens (tertiary/aromatic N) is 3. The van der Waals surface area contributed by atoms with E-state index in [1.807, 2.05) is 25.5 Å². The smallest absolute Gasteiger partial charge is 0.407 e. The maximum Gasteiger partial charge on any atom is 0.407 e. The molecule has 0 bridgehead atoms. The average molecular weight is 468 g/mol. The maximum absolute atomic E-state index is 11.6. The van der Waals surface area contributed by atoms with Crippen molar-refractivity contribution >= 4 is 34.4 Å². The number of unbranched alkanes of at least 4 members (excludes halogenated alkanes) is 1. The van der Waals surface area contributed by atoms with Gasteiger partial charge in [-0.2, -0.15) is 5.10 Å². The monoisotopic (exact) mass is 467 g/mol. The van der Waals surface area contributed by atoms with E-state index in [0.717, 1.165) is 55.4 Å². The van der Waals surface area contributed by atoms with Gasteiger partial charge in [-0.05, 0) is 58.9 Å². The molecule has 1 fully saturated rings. The molecule has 0 radical (unpaired) electrons. The van der Waals surface area contributed by atoms with Crippen molar-refractivity contribution in [3.8, 4) is 0 Å². The Kier molecular flexibility index (Phi) is 8.95. The van der Waals surface area contributed by atoms with Crippen LogP contribution in [0.15, 0.2) is 12.3 Å². The number of carbonyl (C=O) groups excluding carboxylic acids is 1. The van der Waals surface area contributed by atoms with Gasteiger partial charge in [0.05, 0.1) is 18.2 Å². The molecule has 9 nitrogen and oxygen atoms in total. The predicted molar refractivity (Wildman–Crippen MR) is 124 cm³/mol. The first-order chi connectivity index (χ1) is 15.3. The fourth-order valence-electron chi connectivity index (χ4n) is 3.45. The second kappa shape index (κ2) is 11.7. The number of rotatable bonds is 10. The van der Waals surface area contributed by atoms with E-state index in [1.165, 1.54) is 0 Å². The zero-order valence-corrected chi connectivity index (χ0v) is 19.9. The van der Waals surface area contributed by atoms with Gasteiger partial charge in [-0.15, -0.1) is 0 Å². The number of amides is 1. The van der Waals surface area contributed by atoms with E-state index in [-0.39, 0.29) is 12.3 Å². The second-order valence-electron chi connectivity index (χ2n) is 8.82. The topological polar surface area (TPSA) is 99.5 Å². The summed E-state index contributed by atoms with van der Waals surface area (Å²) in [4.78, 5) is 16.0. The predicted octanol–water partition coefficient (Wildman–Crippen LogP) is 4.52. The summed E-state index contributed by atoms with van der Waals surface area (Å²) in [7, 11) is 0. The molecule has 1 saturated heterocycles. The second-order valence-corrected chi connectivity index (χ2v) is 9.20. The molecule has 2 N–H and O–H groups in total. The number of ether oxygens (including phenoxy) is 3. The lowest BCUT2D eigenvalue weighted by atomic mass is 10.2. The molecule has 2 aromatic heterocycles. The van der Waals surface area contributed by atoms with E-state index in [2.05, 4.69) is 20.7 Å². The molecule has 10 heteroatoms. The third-order valence-electron chi connectivity index (χ3n) is 4.91. The van der Waals surface area contributed by atoms with E-state index >= 15 is 0 Å². The van der Waals surface area contributed by atoms with Gasteiger partial charge in [-0.25, -0.2) is 14.5 Å². The van der Waals surface area contributed by atoms with Crippen LogP contribution in [-0.2, 0) is 14.2 Å². The number of aromatic nitrogens is 3. The molecule has 1 aliphatic rings. The molecular formula is C22H34ClN5O4. The number of pyridine rings is 1. The molecular weight excluding hydrogens is 434 g/mol. The molecule has 1 atom stereocenters. The highest BCUT2D eigenvalue weighted by molar-refractivity contribution is 6.30. The van der Waals surface area contributed by atoms with Gasteiger partial charge in [0.2, 0.25) is 0 Å². The summed E-state index contributed by atoms with van der Waals surface area (Å²) in [6.45, 7) is 8.66. The third kappa shape index (κ3) is 7.50. The highest BCUT2D eigenvalue weighted by Gasteiger charge is 2.21. The standard InChI is InChI=1S/C22H34ClN5O4/c1-22(2,3)32-21(29)25-9-5-7-11-30-13-10-24-17-14-18(23)27-20-16(17)15-26-28(20)19-8-4-6-12-31-19/h14-15,19H,4-13H2,1-3H3,(H,24,27)(H,25,29). The quantitative estimate of drug-likeness (QED) is 0.391. The first-order valence-corrected chi connectivity index (χ1v) is 11.6. The van der Waals surface area contributed by atoms with Crippen LogP contribution in [0.2, 0.25) is 5.15 Å². The summed E-state index contributed by atoms with van der Waals surface area (Å²) >= 11 is 6.26. The Balaban J connectivity index is 1.37.